The smallest absolute Gasteiger partial charge is 0.392 e. The zero-order valence-corrected chi connectivity index (χ0v) is 12.6. The van der Waals surface area contributed by atoms with E-state index < -0.39 is 62.9 Å². The molecule has 16 heteroatoms. The molecule has 0 aromatic rings. The third-order valence-electron chi connectivity index (χ3n) is 2.52. The van der Waals surface area contributed by atoms with Gasteiger partial charge in [0.15, 0.2) is 6.17 Å². The Morgan fingerprint density at radius 1 is 0.846 bits per heavy atom. The molecule has 26 heavy (non-hydrogen) atoms. The average Bonchev–Trinajstić information content (AvgIpc) is 2.46. The fraction of sp³-hybridized carbons (Fsp3) is 0.800. The lowest BCUT2D eigenvalue weighted by atomic mass is 10.4. The molecule has 152 valence electrons. The summed E-state index contributed by atoms with van der Waals surface area (Å²) < 4.78 is 110. The van der Waals surface area contributed by atoms with E-state index in [1.54, 1.807) is 16.1 Å². The highest BCUT2D eigenvalue weighted by Crippen LogP contribution is 2.17. The highest BCUT2D eigenvalue weighted by Gasteiger charge is 2.35. The lowest BCUT2D eigenvalue weighted by Crippen LogP contribution is -2.60. The topological polar surface area (TPSA) is 84.3 Å². The second-order valence-corrected chi connectivity index (χ2v) is 4.81. The standard InChI is InChI=1S/C10H13F9N6O/c11-8(12,13)2-20-6-23-5(1-26)25(22-4-10(17,18)19)7(24-6)21-3-9(14,15)16/h5,22,26H,1-4H2,(H2,20,21,23,24). The van der Waals surface area contributed by atoms with Crippen molar-refractivity contribution in [3.63, 3.8) is 0 Å². The van der Waals surface area contributed by atoms with E-state index in [9.17, 15) is 39.5 Å². The second kappa shape index (κ2) is 8.15. The molecule has 0 saturated carbocycles. The van der Waals surface area contributed by atoms with Crippen LogP contribution in [0, 0.1) is 0 Å². The Kier molecular flexibility index (Phi) is 6.92. The van der Waals surface area contributed by atoms with Crippen LogP contribution in [0.25, 0.3) is 0 Å². The fourth-order valence-corrected chi connectivity index (χ4v) is 1.57. The summed E-state index contributed by atoms with van der Waals surface area (Å²) >= 11 is 0. The van der Waals surface area contributed by atoms with Gasteiger partial charge in [0.25, 0.3) is 0 Å². The molecule has 0 bridgehead atoms. The van der Waals surface area contributed by atoms with Gasteiger partial charge in [-0.1, -0.05) is 0 Å². The van der Waals surface area contributed by atoms with Gasteiger partial charge in [0.05, 0.1) is 6.61 Å². The molecular formula is C10H13F9N6O. The summed E-state index contributed by atoms with van der Waals surface area (Å²) in [5.41, 5.74) is 1.67. The van der Waals surface area contributed by atoms with E-state index in [0.717, 1.165) is 0 Å². The molecular weight excluding hydrogens is 391 g/mol. The molecule has 1 aliphatic heterocycles. The van der Waals surface area contributed by atoms with Crippen molar-refractivity contribution in [2.24, 2.45) is 9.98 Å². The summed E-state index contributed by atoms with van der Waals surface area (Å²) in [4.78, 5) is 6.72. The Hall–Kier alpha value is -1.97. The zero-order valence-electron chi connectivity index (χ0n) is 12.6. The number of hydrogen-bond acceptors (Lipinski definition) is 7. The zero-order chi connectivity index (χ0) is 20.2. The number of aliphatic hydroxyl groups excluding tert-OH is 1. The van der Waals surface area contributed by atoms with Crippen molar-refractivity contribution in [3.8, 4) is 0 Å². The molecule has 1 unspecified atom stereocenters. The van der Waals surface area contributed by atoms with Gasteiger partial charge < -0.3 is 15.7 Å². The van der Waals surface area contributed by atoms with Crippen molar-refractivity contribution < 1.29 is 44.6 Å². The molecule has 0 fully saturated rings. The number of guanidine groups is 2. The van der Waals surface area contributed by atoms with Gasteiger partial charge in [-0.25, -0.2) is 10.4 Å². The number of aliphatic imine (C=N–C) groups is 2. The third kappa shape index (κ3) is 8.41. The summed E-state index contributed by atoms with van der Waals surface area (Å²) in [5, 5.41) is 12.8. The number of nitrogens with one attached hydrogen (secondary N) is 3. The molecule has 1 heterocycles. The lowest BCUT2D eigenvalue weighted by Gasteiger charge is -2.34. The first-order chi connectivity index (χ1) is 11.7. The summed E-state index contributed by atoms with van der Waals surface area (Å²) in [6.07, 6.45) is -15.9. The summed E-state index contributed by atoms with van der Waals surface area (Å²) in [6, 6.07) is 0. The second-order valence-electron chi connectivity index (χ2n) is 4.81. The van der Waals surface area contributed by atoms with Crippen LogP contribution >= 0.6 is 0 Å². The quantitative estimate of drug-likeness (QED) is 0.508. The minimum absolute atomic E-state index is 0.345. The Morgan fingerprint density at radius 3 is 1.81 bits per heavy atom. The Balaban J connectivity index is 2.99. The van der Waals surface area contributed by atoms with Gasteiger partial charge in [-0.15, -0.1) is 0 Å². The average molecular weight is 404 g/mol. The maximum atomic E-state index is 12.3. The van der Waals surface area contributed by atoms with Crippen LogP contribution in [-0.4, -0.2) is 73.0 Å². The molecule has 0 aromatic carbocycles. The molecule has 1 aliphatic rings. The van der Waals surface area contributed by atoms with Gasteiger partial charge in [0.2, 0.25) is 11.9 Å². The first-order valence-corrected chi connectivity index (χ1v) is 6.68. The first kappa shape index (κ1) is 22.1. The van der Waals surface area contributed by atoms with Crippen LogP contribution < -0.4 is 16.1 Å². The van der Waals surface area contributed by atoms with Crippen molar-refractivity contribution in [1.29, 1.82) is 0 Å². The van der Waals surface area contributed by atoms with Crippen LogP contribution in [0.1, 0.15) is 0 Å². The van der Waals surface area contributed by atoms with Gasteiger partial charge in [-0.2, -0.15) is 44.5 Å². The molecule has 0 aliphatic carbocycles. The van der Waals surface area contributed by atoms with Crippen molar-refractivity contribution >= 4 is 11.9 Å². The number of hydrazine groups is 1. The minimum atomic E-state index is -4.79. The van der Waals surface area contributed by atoms with E-state index in [-0.39, 0.29) is 0 Å². The Labute approximate surface area is 139 Å². The number of aliphatic hydroxyl groups is 1. The van der Waals surface area contributed by atoms with E-state index in [2.05, 4.69) is 9.98 Å². The molecule has 7 nitrogen and oxygen atoms in total. The molecule has 0 aromatic heterocycles. The fourth-order valence-electron chi connectivity index (χ4n) is 1.57. The SMILES string of the molecule is OCC1N=C(NCC(F)(F)F)N=C(NCC(F)(F)F)N1NCC(F)(F)F. The number of hydrogen-bond donors (Lipinski definition) is 4. The van der Waals surface area contributed by atoms with E-state index in [4.69, 9.17) is 5.11 Å². The van der Waals surface area contributed by atoms with Crippen LogP contribution in [0.4, 0.5) is 39.5 Å². The molecule has 0 amide bonds. The Morgan fingerprint density at radius 2 is 1.35 bits per heavy atom. The predicted octanol–water partition coefficient (Wildman–Crippen LogP) is 0.703. The first-order valence-electron chi connectivity index (χ1n) is 6.68. The normalized spacial score (nSPS) is 19.2. The number of rotatable bonds is 5. The molecule has 0 radical (unpaired) electrons. The highest BCUT2D eigenvalue weighted by atomic mass is 19.4. The van der Waals surface area contributed by atoms with Gasteiger partial charge in [0.1, 0.15) is 19.6 Å². The molecule has 0 spiro atoms. The van der Waals surface area contributed by atoms with Gasteiger partial charge >= 0.3 is 18.5 Å². The number of halogens is 9. The van der Waals surface area contributed by atoms with Crippen molar-refractivity contribution in [2.75, 3.05) is 26.2 Å². The van der Waals surface area contributed by atoms with Crippen LogP contribution in [0.5, 0.6) is 0 Å². The molecule has 1 atom stereocenters. The van der Waals surface area contributed by atoms with Gasteiger partial charge in [0, 0.05) is 0 Å². The van der Waals surface area contributed by atoms with Crippen LogP contribution in [0.15, 0.2) is 9.98 Å². The van der Waals surface area contributed by atoms with E-state index in [1.807, 2.05) is 0 Å². The maximum Gasteiger partial charge on any atom is 0.405 e. The van der Waals surface area contributed by atoms with Gasteiger partial charge in [-0.3, -0.25) is 5.01 Å². The molecule has 4 N–H and O–H groups in total. The van der Waals surface area contributed by atoms with Crippen molar-refractivity contribution in [3.05, 3.63) is 0 Å². The largest absolute Gasteiger partial charge is 0.405 e. The van der Waals surface area contributed by atoms with Crippen LogP contribution in [0.3, 0.4) is 0 Å². The highest BCUT2D eigenvalue weighted by molar-refractivity contribution is 5.96. The monoisotopic (exact) mass is 404 g/mol. The minimum Gasteiger partial charge on any atom is -0.392 e. The molecule has 1 rings (SSSR count). The van der Waals surface area contributed by atoms with Crippen LogP contribution in [0.2, 0.25) is 0 Å². The van der Waals surface area contributed by atoms with Gasteiger partial charge in [-0.05, 0) is 0 Å². The Bertz CT molecular complexity index is 527. The third-order valence-corrected chi connectivity index (χ3v) is 2.52. The van der Waals surface area contributed by atoms with Crippen molar-refractivity contribution in [2.45, 2.75) is 24.7 Å². The summed E-state index contributed by atoms with van der Waals surface area (Å²) in [7, 11) is 0. The summed E-state index contributed by atoms with van der Waals surface area (Å²) in [6.45, 7) is -6.11. The lowest BCUT2D eigenvalue weighted by molar-refractivity contribution is -0.134. The summed E-state index contributed by atoms with van der Waals surface area (Å²) in [5.74, 6) is -1.71. The molecule has 0 saturated heterocycles. The van der Waals surface area contributed by atoms with E-state index in [0.29, 0.717) is 5.01 Å². The van der Waals surface area contributed by atoms with Crippen LogP contribution in [-0.2, 0) is 0 Å². The maximum absolute atomic E-state index is 12.3. The number of nitrogens with zero attached hydrogens (tertiary/aromatic N) is 3. The number of alkyl halides is 9. The van der Waals surface area contributed by atoms with E-state index >= 15 is 0 Å². The van der Waals surface area contributed by atoms with E-state index in [1.165, 1.54) is 0 Å². The van der Waals surface area contributed by atoms with Crippen molar-refractivity contribution in [1.82, 2.24) is 21.1 Å². The predicted molar refractivity (Wildman–Crippen MR) is 69.8 cm³/mol.